The Morgan fingerprint density at radius 1 is 1.11 bits per heavy atom. The Labute approximate surface area is 264 Å². The van der Waals surface area contributed by atoms with E-state index in [0.29, 0.717) is 51.5 Å². The molecule has 6 rings (SSSR count). The van der Waals surface area contributed by atoms with E-state index in [1.54, 1.807) is 37.3 Å². The van der Waals surface area contributed by atoms with Gasteiger partial charge in [-0.2, -0.15) is 18.9 Å². The molecule has 0 fully saturated rings. The third kappa shape index (κ3) is 5.90. The molecule has 1 amide bonds. The van der Waals surface area contributed by atoms with Crippen LogP contribution in [0.4, 0.5) is 14.5 Å². The number of hydrogen-bond acceptors (Lipinski definition) is 8. The Kier molecular flexibility index (Phi) is 8.34. The van der Waals surface area contributed by atoms with Gasteiger partial charge in [0, 0.05) is 28.3 Å². The molecule has 1 aliphatic heterocycles. The molecule has 0 saturated heterocycles. The van der Waals surface area contributed by atoms with Crippen LogP contribution in [-0.2, 0) is 4.79 Å². The number of methoxy groups -OCH3 is 1. The van der Waals surface area contributed by atoms with Crippen molar-refractivity contribution in [1.82, 2.24) is 39.3 Å². The van der Waals surface area contributed by atoms with Crippen LogP contribution in [0.3, 0.4) is 0 Å². The van der Waals surface area contributed by atoms with Crippen molar-refractivity contribution in [3.63, 3.8) is 0 Å². The fourth-order valence-corrected chi connectivity index (χ4v) is 5.68. The van der Waals surface area contributed by atoms with E-state index in [0.717, 1.165) is 0 Å². The fourth-order valence-electron chi connectivity index (χ4n) is 5.38. The van der Waals surface area contributed by atoms with Crippen molar-refractivity contribution in [3.8, 4) is 34.0 Å². The first-order chi connectivity index (χ1) is 21.6. The zero-order valence-corrected chi connectivity index (χ0v) is 25.4. The lowest BCUT2D eigenvalue weighted by molar-refractivity contribution is -0.119. The van der Waals surface area contributed by atoms with Crippen LogP contribution < -0.4 is 15.7 Å². The maximum Gasteiger partial charge on any atom is 0.348 e. The van der Waals surface area contributed by atoms with E-state index in [2.05, 4.69) is 30.7 Å². The molecule has 1 aliphatic rings. The zero-order valence-electron chi connectivity index (χ0n) is 23.9. The molecule has 1 N–H and O–H groups in total. The summed E-state index contributed by atoms with van der Waals surface area (Å²) in [4.78, 5) is 35.7. The lowest BCUT2D eigenvalue weighted by atomic mass is 9.97. The van der Waals surface area contributed by atoms with Gasteiger partial charge in [-0.15, -0.1) is 5.10 Å². The number of anilines is 1. The largest absolute Gasteiger partial charge is 0.493 e. The second-order valence-corrected chi connectivity index (χ2v) is 11.3. The highest BCUT2D eigenvalue weighted by Gasteiger charge is 2.27. The molecule has 5 aromatic rings. The van der Waals surface area contributed by atoms with Crippen molar-refractivity contribution >= 4 is 34.8 Å². The van der Waals surface area contributed by atoms with Crippen LogP contribution in [0.1, 0.15) is 44.5 Å². The molecule has 5 heterocycles. The van der Waals surface area contributed by atoms with Crippen molar-refractivity contribution in [1.29, 1.82) is 0 Å². The number of carbonyl (C=O) groups excluding carboxylic acids is 1. The SMILES string of the molecule is COc1cn([C@@H]2CCC[C@@H](C)C(=O)Nc3cnn(C(F)F)c3-c3ccnc2c3)c(=O)nc1-c1cc(Cl)ccc1-n1cc(Cl)nn1. The summed E-state index contributed by atoms with van der Waals surface area (Å²) in [5.41, 5.74) is 1.46. The number of nitrogens with one attached hydrogen (secondary N) is 1. The molecule has 0 spiro atoms. The van der Waals surface area contributed by atoms with Crippen LogP contribution in [0.15, 0.2) is 59.9 Å². The van der Waals surface area contributed by atoms with Crippen molar-refractivity contribution in [3.05, 3.63) is 81.5 Å². The maximum atomic E-state index is 14.0. The molecular formula is C29H25Cl2F2N9O3. The van der Waals surface area contributed by atoms with Gasteiger partial charge in [0.15, 0.2) is 10.9 Å². The number of ether oxygens (including phenoxy) is 1. The second kappa shape index (κ2) is 12.4. The summed E-state index contributed by atoms with van der Waals surface area (Å²) in [6.07, 6.45) is 7.08. The van der Waals surface area contributed by atoms with Crippen LogP contribution in [0.5, 0.6) is 5.75 Å². The number of rotatable bonds is 5. The van der Waals surface area contributed by atoms with Crippen molar-refractivity contribution < 1.29 is 18.3 Å². The minimum absolute atomic E-state index is 0.0219. The van der Waals surface area contributed by atoms with E-state index in [9.17, 15) is 18.4 Å². The molecule has 2 bridgehead atoms. The Morgan fingerprint density at radius 2 is 1.93 bits per heavy atom. The predicted octanol–water partition coefficient (Wildman–Crippen LogP) is 5.81. The first-order valence-electron chi connectivity index (χ1n) is 13.8. The summed E-state index contributed by atoms with van der Waals surface area (Å²) in [6, 6.07) is 7.44. The van der Waals surface area contributed by atoms with Gasteiger partial charge in [-0.25, -0.2) is 14.2 Å². The summed E-state index contributed by atoms with van der Waals surface area (Å²) >= 11 is 12.3. The minimum Gasteiger partial charge on any atom is -0.493 e. The first kappa shape index (κ1) is 30.3. The number of amides is 1. The van der Waals surface area contributed by atoms with Gasteiger partial charge < -0.3 is 10.1 Å². The number of pyridine rings is 1. The predicted molar refractivity (Wildman–Crippen MR) is 162 cm³/mol. The smallest absolute Gasteiger partial charge is 0.348 e. The Balaban J connectivity index is 1.50. The van der Waals surface area contributed by atoms with E-state index in [-0.39, 0.29) is 33.9 Å². The van der Waals surface area contributed by atoms with E-state index in [1.165, 1.54) is 41.1 Å². The Bertz CT molecular complexity index is 1960. The summed E-state index contributed by atoms with van der Waals surface area (Å²) < 4.78 is 37.0. The molecule has 4 aromatic heterocycles. The Morgan fingerprint density at radius 3 is 2.67 bits per heavy atom. The highest BCUT2D eigenvalue weighted by molar-refractivity contribution is 6.31. The maximum absolute atomic E-state index is 14.0. The van der Waals surface area contributed by atoms with Gasteiger partial charge in [-0.3, -0.25) is 14.3 Å². The van der Waals surface area contributed by atoms with Crippen LogP contribution in [0.2, 0.25) is 10.2 Å². The normalized spacial score (nSPS) is 16.9. The van der Waals surface area contributed by atoms with Gasteiger partial charge in [-0.05, 0) is 43.2 Å². The summed E-state index contributed by atoms with van der Waals surface area (Å²) in [5, 5.41) is 15.0. The highest BCUT2D eigenvalue weighted by Crippen LogP contribution is 2.37. The minimum atomic E-state index is -2.96. The van der Waals surface area contributed by atoms with E-state index in [4.69, 9.17) is 27.9 Å². The molecule has 12 nitrogen and oxygen atoms in total. The molecule has 0 radical (unpaired) electrons. The molecule has 0 aliphatic carbocycles. The van der Waals surface area contributed by atoms with Crippen LogP contribution in [-0.4, -0.2) is 52.3 Å². The first-order valence-corrected chi connectivity index (χ1v) is 14.6. The van der Waals surface area contributed by atoms with Gasteiger partial charge in [0.2, 0.25) is 5.91 Å². The summed E-state index contributed by atoms with van der Waals surface area (Å²) in [5.74, 6) is -0.526. The van der Waals surface area contributed by atoms with Gasteiger partial charge >= 0.3 is 12.2 Å². The zero-order chi connectivity index (χ0) is 31.8. The molecular weight excluding hydrogens is 631 g/mol. The lowest BCUT2D eigenvalue weighted by Crippen LogP contribution is -2.29. The second-order valence-electron chi connectivity index (χ2n) is 10.4. The van der Waals surface area contributed by atoms with Gasteiger partial charge in [0.1, 0.15) is 5.69 Å². The number of halogens is 4. The average molecular weight is 656 g/mol. The van der Waals surface area contributed by atoms with Crippen molar-refractivity contribution in [2.75, 3.05) is 12.4 Å². The Hall–Kier alpha value is -4.69. The molecule has 1 aromatic carbocycles. The van der Waals surface area contributed by atoms with Gasteiger partial charge in [0.05, 0.1) is 54.5 Å². The third-order valence-electron chi connectivity index (χ3n) is 7.60. The van der Waals surface area contributed by atoms with Crippen LogP contribution >= 0.6 is 23.2 Å². The van der Waals surface area contributed by atoms with Crippen LogP contribution in [0, 0.1) is 5.92 Å². The monoisotopic (exact) mass is 655 g/mol. The van der Waals surface area contributed by atoms with Gasteiger partial charge in [0.25, 0.3) is 0 Å². The van der Waals surface area contributed by atoms with E-state index >= 15 is 0 Å². The van der Waals surface area contributed by atoms with Crippen LogP contribution in [0.25, 0.3) is 28.2 Å². The number of fused-ring (bicyclic) bond motifs is 4. The average Bonchev–Trinajstić information content (AvgIpc) is 3.65. The number of aromatic nitrogens is 8. The summed E-state index contributed by atoms with van der Waals surface area (Å²) in [6.45, 7) is -1.21. The molecule has 2 atom stereocenters. The van der Waals surface area contributed by atoms with Gasteiger partial charge in [-0.1, -0.05) is 41.8 Å². The molecule has 0 unspecified atom stereocenters. The fraction of sp³-hybridized carbons (Fsp3) is 0.276. The number of carbonyl (C=O) groups is 1. The van der Waals surface area contributed by atoms with Crippen molar-refractivity contribution in [2.45, 2.75) is 38.8 Å². The summed E-state index contributed by atoms with van der Waals surface area (Å²) in [7, 11) is 1.44. The van der Waals surface area contributed by atoms with E-state index < -0.39 is 24.2 Å². The molecule has 45 heavy (non-hydrogen) atoms. The molecule has 0 saturated carbocycles. The number of alkyl halides is 2. The third-order valence-corrected chi connectivity index (χ3v) is 8.00. The highest BCUT2D eigenvalue weighted by atomic mass is 35.5. The number of benzene rings is 1. The standard InChI is InChI=1S/C29H25Cl2F2N9O3/c1-15-4-3-5-22(19-10-16(8-9-34-19)26-20(36-27(15)43)12-35-42(26)28(32)33)40-13-23(45-2)25(37-29(40)44)18-11-17(30)6-7-21(18)41-14-24(31)38-39-41/h6-15,22,28H,3-5H2,1-2H3,(H,36,43)/t15-,22-/m1/s1. The lowest BCUT2D eigenvalue weighted by Gasteiger charge is -2.23. The molecule has 16 heteroatoms. The molecule has 232 valence electrons. The quantitative estimate of drug-likeness (QED) is 0.251. The topological polar surface area (TPSA) is 135 Å². The van der Waals surface area contributed by atoms with Crippen molar-refractivity contribution in [2.24, 2.45) is 5.92 Å². The number of hydrogen-bond donors (Lipinski definition) is 1. The number of nitrogens with zero attached hydrogens (tertiary/aromatic N) is 8. The van der Waals surface area contributed by atoms with E-state index in [1.807, 2.05) is 0 Å².